The molecule has 0 aliphatic heterocycles. The molecular weight excluding hydrogens is 260 g/mol. The Morgan fingerprint density at radius 3 is 2.63 bits per heavy atom. The lowest BCUT2D eigenvalue weighted by atomic mass is 10.3. The van der Waals surface area contributed by atoms with Crippen LogP contribution in [0.3, 0.4) is 0 Å². The van der Waals surface area contributed by atoms with Crippen LogP contribution in [0.25, 0.3) is 0 Å². The van der Waals surface area contributed by atoms with E-state index in [1.165, 1.54) is 17.3 Å². The summed E-state index contributed by atoms with van der Waals surface area (Å²) >= 11 is 1.72. The van der Waals surface area contributed by atoms with Gasteiger partial charge in [0.15, 0.2) is 0 Å². The molecule has 0 saturated carbocycles. The van der Waals surface area contributed by atoms with Crippen LogP contribution in [0.15, 0.2) is 24.5 Å². The third-order valence-electron chi connectivity index (χ3n) is 2.63. The molecular formula is C13H16N4OS. The normalized spacial score (nSPS) is 10.2. The first-order chi connectivity index (χ1) is 9.22. The van der Waals surface area contributed by atoms with Crippen LogP contribution in [0, 0.1) is 0 Å². The van der Waals surface area contributed by atoms with E-state index in [1.54, 1.807) is 18.4 Å². The smallest absolute Gasteiger partial charge is 0.271 e. The zero-order valence-corrected chi connectivity index (χ0v) is 11.8. The Hall–Kier alpha value is -1.95. The van der Waals surface area contributed by atoms with Crippen molar-refractivity contribution in [1.82, 2.24) is 15.3 Å². The molecule has 0 atom stereocenters. The van der Waals surface area contributed by atoms with Crippen LogP contribution < -0.4 is 10.6 Å². The molecule has 0 saturated heterocycles. The van der Waals surface area contributed by atoms with E-state index < -0.39 is 0 Å². The van der Waals surface area contributed by atoms with Crippen LogP contribution in [-0.4, -0.2) is 22.9 Å². The van der Waals surface area contributed by atoms with Gasteiger partial charge in [0, 0.05) is 16.8 Å². The highest BCUT2D eigenvalue weighted by Gasteiger charge is 2.08. The predicted molar refractivity (Wildman–Crippen MR) is 76.4 cm³/mol. The van der Waals surface area contributed by atoms with Gasteiger partial charge < -0.3 is 10.6 Å². The molecule has 0 fully saturated rings. The maximum Gasteiger partial charge on any atom is 0.271 e. The van der Waals surface area contributed by atoms with Gasteiger partial charge >= 0.3 is 0 Å². The third-order valence-corrected chi connectivity index (χ3v) is 3.86. The van der Waals surface area contributed by atoms with Crippen molar-refractivity contribution in [2.45, 2.75) is 19.9 Å². The highest BCUT2D eigenvalue weighted by Crippen LogP contribution is 2.16. The molecule has 2 aromatic rings. The number of carbonyl (C=O) groups excluding carboxylic acids is 1. The molecule has 2 heterocycles. The van der Waals surface area contributed by atoms with Crippen LogP contribution in [0.4, 0.5) is 5.82 Å². The zero-order valence-electron chi connectivity index (χ0n) is 10.9. The lowest BCUT2D eigenvalue weighted by Gasteiger charge is -2.03. The number of carbonyl (C=O) groups is 1. The summed E-state index contributed by atoms with van der Waals surface area (Å²) in [5, 5.41) is 5.70. The number of nitrogens with one attached hydrogen (secondary N) is 2. The average molecular weight is 276 g/mol. The van der Waals surface area contributed by atoms with E-state index in [0.717, 1.165) is 11.3 Å². The van der Waals surface area contributed by atoms with Gasteiger partial charge in [-0.05, 0) is 18.6 Å². The minimum Gasteiger partial charge on any atom is -0.372 e. The number of aromatic nitrogens is 2. The van der Waals surface area contributed by atoms with Crippen LogP contribution in [0.1, 0.15) is 27.2 Å². The van der Waals surface area contributed by atoms with E-state index in [-0.39, 0.29) is 5.91 Å². The van der Waals surface area contributed by atoms with Crippen LogP contribution in [-0.2, 0) is 13.0 Å². The van der Waals surface area contributed by atoms with Gasteiger partial charge in [-0.15, -0.1) is 11.3 Å². The number of amides is 1. The van der Waals surface area contributed by atoms with E-state index in [2.05, 4.69) is 33.6 Å². The standard InChI is InChI=1S/C13H16N4OS/c1-3-9-4-5-10(19-9)6-17-13(18)11-7-16-12(14-2)8-15-11/h4-5,7-8H,3,6H2,1-2H3,(H,14,16)(H,17,18). The fraction of sp³-hybridized carbons (Fsp3) is 0.308. The summed E-state index contributed by atoms with van der Waals surface area (Å²) in [6.45, 7) is 2.64. The molecule has 19 heavy (non-hydrogen) atoms. The summed E-state index contributed by atoms with van der Waals surface area (Å²) in [6, 6.07) is 4.13. The third kappa shape index (κ3) is 3.51. The van der Waals surface area contributed by atoms with E-state index in [1.807, 2.05) is 6.07 Å². The highest BCUT2D eigenvalue weighted by molar-refractivity contribution is 7.11. The van der Waals surface area contributed by atoms with Crippen LogP contribution in [0.2, 0.25) is 0 Å². The second-order valence-corrected chi connectivity index (χ2v) is 5.19. The largest absolute Gasteiger partial charge is 0.372 e. The van der Waals surface area contributed by atoms with E-state index in [9.17, 15) is 4.79 Å². The number of hydrogen-bond donors (Lipinski definition) is 2. The van der Waals surface area contributed by atoms with E-state index in [0.29, 0.717) is 18.1 Å². The van der Waals surface area contributed by atoms with Crippen molar-refractivity contribution in [3.63, 3.8) is 0 Å². The van der Waals surface area contributed by atoms with Crippen molar-refractivity contribution < 1.29 is 4.79 Å². The van der Waals surface area contributed by atoms with Gasteiger partial charge in [-0.25, -0.2) is 9.97 Å². The summed E-state index contributed by atoms with van der Waals surface area (Å²) in [5.41, 5.74) is 0.325. The first kappa shape index (κ1) is 13.5. The van der Waals surface area contributed by atoms with Crippen molar-refractivity contribution in [2.75, 3.05) is 12.4 Å². The maximum atomic E-state index is 11.9. The number of nitrogens with zero attached hydrogens (tertiary/aromatic N) is 2. The van der Waals surface area contributed by atoms with Crippen LogP contribution in [0.5, 0.6) is 0 Å². The summed E-state index contributed by atoms with van der Waals surface area (Å²) in [5.74, 6) is 0.434. The molecule has 6 heteroatoms. The Labute approximate surface area is 116 Å². The molecule has 0 aliphatic carbocycles. The zero-order chi connectivity index (χ0) is 13.7. The maximum absolute atomic E-state index is 11.9. The van der Waals surface area contributed by atoms with Gasteiger partial charge in [0.1, 0.15) is 11.5 Å². The van der Waals surface area contributed by atoms with Gasteiger partial charge in [0.25, 0.3) is 5.91 Å². The van der Waals surface area contributed by atoms with Gasteiger partial charge in [0.2, 0.25) is 0 Å². The summed E-state index contributed by atoms with van der Waals surface area (Å²) < 4.78 is 0. The molecule has 0 radical (unpaired) electrons. The molecule has 1 amide bonds. The fourth-order valence-electron chi connectivity index (χ4n) is 1.54. The summed E-state index contributed by atoms with van der Waals surface area (Å²) in [7, 11) is 1.76. The molecule has 0 bridgehead atoms. The molecule has 5 nitrogen and oxygen atoms in total. The topological polar surface area (TPSA) is 66.9 Å². The molecule has 0 aliphatic rings. The molecule has 0 aromatic carbocycles. The number of thiophene rings is 1. The average Bonchev–Trinajstić information content (AvgIpc) is 2.93. The SMILES string of the molecule is CCc1ccc(CNC(=O)c2cnc(NC)cn2)s1. The Bertz CT molecular complexity index is 550. The van der Waals surface area contributed by atoms with Gasteiger partial charge in [-0.2, -0.15) is 0 Å². The first-order valence-corrected chi connectivity index (χ1v) is 6.90. The van der Waals surface area contributed by atoms with Crippen molar-refractivity contribution in [3.05, 3.63) is 40.0 Å². The summed E-state index contributed by atoms with van der Waals surface area (Å²) in [6.07, 6.45) is 4.03. The molecule has 0 spiro atoms. The van der Waals surface area contributed by atoms with E-state index >= 15 is 0 Å². The summed E-state index contributed by atoms with van der Waals surface area (Å²) in [4.78, 5) is 22.4. The Balaban J connectivity index is 1.93. The quantitative estimate of drug-likeness (QED) is 0.877. The van der Waals surface area contributed by atoms with Gasteiger partial charge in [-0.1, -0.05) is 6.92 Å². The molecule has 2 rings (SSSR count). The van der Waals surface area contributed by atoms with Gasteiger partial charge in [0.05, 0.1) is 18.9 Å². The molecule has 0 unspecified atom stereocenters. The van der Waals surface area contributed by atoms with Crippen molar-refractivity contribution in [2.24, 2.45) is 0 Å². The van der Waals surface area contributed by atoms with E-state index in [4.69, 9.17) is 0 Å². The predicted octanol–water partition coefficient (Wildman–Crippen LogP) is 2.07. The minimum absolute atomic E-state index is 0.207. The second-order valence-electron chi connectivity index (χ2n) is 3.94. The Morgan fingerprint density at radius 2 is 2.05 bits per heavy atom. The van der Waals surface area contributed by atoms with Crippen molar-refractivity contribution in [3.8, 4) is 0 Å². The highest BCUT2D eigenvalue weighted by atomic mass is 32.1. The number of anilines is 1. The first-order valence-electron chi connectivity index (χ1n) is 6.08. The van der Waals surface area contributed by atoms with Gasteiger partial charge in [-0.3, -0.25) is 4.79 Å². The number of hydrogen-bond acceptors (Lipinski definition) is 5. The molecule has 100 valence electrons. The second kappa shape index (κ2) is 6.29. The fourth-order valence-corrected chi connectivity index (χ4v) is 2.44. The Kier molecular flexibility index (Phi) is 4.46. The molecule has 2 aromatic heterocycles. The minimum atomic E-state index is -0.207. The van der Waals surface area contributed by atoms with Crippen molar-refractivity contribution in [1.29, 1.82) is 0 Å². The lowest BCUT2D eigenvalue weighted by molar-refractivity contribution is 0.0946. The molecule has 2 N–H and O–H groups in total. The Morgan fingerprint density at radius 1 is 1.26 bits per heavy atom. The lowest BCUT2D eigenvalue weighted by Crippen LogP contribution is -2.23. The monoisotopic (exact) mass is 276 g/mol. The number of aryl methyl sites for hydroxylation is 1. The number of rotatable bonds is 5. The van der Waals surface area contributed by atoms with Crippen molar-refractivity contribution >= 4 is 23.1 Å². The van der Waals surface area contributed by atoms with Crippen LogP contribution >= 0.6 is 11.3 Å².